The van der Waals surface area contributed by atoms with Crippen molar-refractivity contribution in [3.63, 3.8) is 0 Å². The van der Waals surface area contributed by atoms with Gasteiger partial charge in [-0.3, -0.25) is 9.80 Å². The summed E-state index contributed by atoms with van der Waals surface area (Å²) >= 11 is 0. The van der Waals surface area contributed by atoms with Crippen molar-refractivity contribution in [1.29, 1.82) is 0 Å². The molecular formula is C9H18N2O. The number of ether oxygens (including phenoxy) is 1. The maximum Gasteiger partial charge on any atom is 0.0697 e. The molecule has 1 spiro atoms. The molecule has 3 heteroatoms. The summed E-state index contributed by atoms with van der Waals surface area (Å²) in [6, 6.07) is 0. The van der Waals surface area contributed by atoms with Crippen LogP contribution in [0.15, 0.2) is 0 Å². The second kappa shape index (κ2) is 2.98. The summed E-state index contributed by atoms with van der Waals surface area (Å²) in [6.45, 7) is 8.72. The monoisotopic (exact) mass is 170 g/mol. The maximum atomic E-state index is 5.52. The number of likely N-dealkylation sites (tertiary alicyclic amines) is 1. The standard InChI is InChI=1S/C9H18N2O/c1-3-11-6-9(7-11)8-12-5-4-10(9)2/h3-8H2,1-2H3. The van der Waals surface area contributed by atoms with Gasteiger partial charge in [0, 0.05) is 19.6 Å². The van der Waals surface area contributed by atoms with Gasteiger partial charge in [0.15, 0.2) is 0 Å². The zero-order valence-corrected chi connectivity index (χ0v) is 8.05. The molecule has 0 aliphatic carbocycles. The third-order valence-corrected chi connectivity index (χ3v) is 3.23. The third-order valence-electron chi connectivity index (χ3n) is 3.23. The van der Waals surface area contributed by atoms with Gasteiger partial charge in [-0.1, -0.05) is 6.92 Å². The molecule has 0 aromatic rings. The van der Waals surface area contributed by atoms with Gasteiger partial charge in [-0.25, -0.2) is 0 Å². The predicted molar refractivity (Wildman–Crippen MR) is 48.3 cm³/mol. The molecule has 0 amide bonds. The van der Waals surface area contributed by atoms with Crippen molar-refractivity contribution in [3.05, 3.63) is 0 Å². The van der Waals surface area contributed by atoms with Gasteiger partial charge in [0.25, 0.3) is 0 Å². The quantitative estimate of drug-likeness (QED) is 0.552. The first kappa shape index (κ1) is 8.48. The Morgan fingerprint density at radius 1 is 1.42 bits per heavy atom. The Kier molecular flexibility index (Phi) is 2.10. The van der Waals surface area contributed by atoms with E-state index in [1.54, 1.807) is 0 Å². The zero-order chi connectivity index (χ0) is 8.60. The van der Waals surface area contributed by atoms with Crippen LogP contribution in [0.3, 0.4) is 0 Å². The zero-order valence-electron chi connectivity index (χ0n) is 8.05. The van der Waals surface area contributed by atoms with E-state index in [4.69, 9.17) is 4.74 Å². The van der Waals surface area contributed by atoms with Crippen LogP contribution < -0.4 is 0 Å². The van der Waals surface area contributed by atoms with E-state index in [2.05, 4.69) is 23.8 Å². The van der Waals surface area contributed by atoms with Gasteiger partial charge in [-0.05, 0) is 13.6 Å². The first-order valence-corrected chi connectivity index (χ1v) is 4.78. The fourth-order valence-electron chi connectivity index (χ4n) is 2.15. The van der Waals surface area contributed by atoms with Crippen LogP contribution in [-0.2, 0) is 4.74 Å². The highest BCUT2D eigenvalue weighted by Crippen LogP contribution is 2.28. The van der Waals surface area contributed by atoms with Gasteiger partial charge in [-0.2, -0.15) is 0 Å². The molecule has 0 saturated carbocycles. The Balaban J connectivity index is 1.94. The Bertz CT molecular complexity index is 166. The van der Waals surface area contributed by atoms with Crippen molar-refractivity contribution in [2.45, 2.75) is 12.5 Å². The molecule has 2 aliphatic heterocycles. The lowest BCUT2D eigenvalue weighted by Gasteiger charge is -2.56. The largest absolute Gasteiger partial charge is 0.378 e. The minimum absolute atomic E-state index is 0.369. The summed E-state index contributed by atoms with van der Waals surface area (Å²) in [5, 5.41) is 0. The number of morpholine rings is 1. The smallest absolute Gasteiger partial charge is 0.0697 e. The molecule has 12 heavy (non-hydrogen) atoms. The lowest BCUT2D eigenvalue weighted by molar-refractivity contribution is -0.129. The number of hydrogen-bond acceptors (Lipinski definition) is 3. The van der Waals surface area contributed by atoms with E-state index in [-0.39, 0.29) is 0 Å². The van der Waals surface area contributed by atoms with Gasteiger partial charge in [0.1, 0.15) is 0 Å². The van der Waals surface area contributed by atoms with E-state index >= 15 is 0 Å². The number of hydrogen-bond donors (Lipinski definition) is 0. The summed E-state index contributed by atoms with van der Waals surface area (Å²) < 4.78 is 5.52. The number of nitrogens with zero attached hydrogens (tertiary/aromatic N) is 2. The third kappa shape index (κ3) is 1.16. The van der Waals surface area contributed by atoms with Crippen LogP contribution in [0.1, 0.15) is 6.92 Å². The molecule has 0 aromatic heterocycles. The van der Waals surface area contributed by atoms with Crippen molar-refractivity contribution in [2.24, 2.45) is 0 Å². The first-order valence-electron chi connectivity index (χ1n) is 4.78. The molecule has 3 nitrogen and oxygen atoms in total. The topological polar surface area (TPSA) is 15.7 Å². The van der Waals surface area contributed by atoms with Crippen molar-refractivity contribution in [2.75, 3.05) is 46.4 Å². The molecule has 70 valence electrons. The van der Waals surface area contributed by atoms with E-state index in [9.17, 15) is 0 Å². The Labute approximate surface area is 74.3 Å². The molecule has 2 aliphatic rings. The number of likely N-dealkylation sites (N-methyl/N-ethyl adjacent to an activating group) is 2. The summed E-state index contributed by atoms with van der Waals surface area (Å²) in [5.41, 5.74) is 0.369. The molecule has 2 rings (SSSR count). The van der Waals surface area contributed by atoms with Crippen molar-refractivity contribution < 1.29 is 4.74 Å². The lowest BCUT2D eigenvalue weighted by atomic mass is 9.88. The van der Waals surface area contributed by atoms with E-state index in [0.29, 0.717) is 5.54 Å². The van der Waals surface area contributed by atoms with Gasteiger partial charge >= 0.3 is 0 Å². The van der Waals surface area contributed by atoms with E-state index in [1.165, 1.54) is 19.6 Å². The highest BCUT2D eigenvalue weighted by atomic mass is 16.5. The summed E-state index contributed by atoms with van der Waals surface area (Å²) in [6.07, 6.45) is 0. The van der Waals surface area contributed by atoms with Crippen LogP contribution in [-0.4, -0.2) is 61.8 Å². The van der Waals surface area contributed by atoms with Crippen molar-refractivity contribution >= 4 is 0 Å². The van der Waals surface area contributed by atoms with Gasteiger partial charge < -0.3 is 4.74 Å². The second-order valence-corrected chi connectivity index (χ2v) is 4.00. The van der Waals surface area contributed by atoms with Gasteiger partial charge in [0.05, 0.1) is 18.8 Å². The van der Waals surface area contributed by atoms with Crippen LogP contribution in [0.4, 0.5) is 0 Å². The number of rotatable bonds is 1. The molecule has 0 bridgehead atoms. The Morgan fingerprint density at radius 3 is 2.75 bits per heavy atom. The van der Waals surface area contributed by atoms with Crippen molar-refractivity contribution in [1.82, 2.24) is 9.80 Å². The fourth-order valence-corrected chi connectivity index (χ4v) is 2.15. The molecule has 0 radical (unpaired) electrons. The molecule has 2 saturated heterocycles. The van der Waals surface area contributed by atoms with Crippen LogP contribution >= 0.6 is 0 Å². The van der Waals surface area contributed by atoms with Gasteiger partial charge in [0.2, 0.25) is 0 Å². The molecule has 0 atom stereocenters. The first-order chi connectivity index (χ1) is 5.77. The molecule has 0 unspecified atom stereocenters. The minimum atomic E-state index is 0.369. The highest BCUT2D eigenvalue weighted by molar-refractivity contribution is 5.04. The Morgan fingerprint density at radius 2 is 2.17 bits per heavy atom. The molecule has 0 N–H and O–H groups in total. The highest BCUT2D eigenvalue weighted by Gasteiger charge is 2.46. The molecule has 2 fully saturated rings. The average molecular weight is 170 g/mol. The summed E-state index contributed by atoms with van der Waals surface area (Å²) in [5.74, 6) is 0. The summed E-state index contributed by atoms with van der Waals surface area (Å²) in [7, 11) is 2.22. The van der Waals surface area contributed by atoms with E-state index in [0.717, 1.165) is 19.8 Å². The lowest BCUT2D eigenvalue weighted by Crippen LogP contribution is -2.73. The molecule has 2 heterocycles. The SMILES string of the molecule is CCN1CC2(COCCN2C)C1. The predicted octanol–water partition coefficient (Wildman–Crippen LogP) is 0.0227. The van der Waals surface area contributed by atoms with Crippen molar-refractivity contribution in [3.8, 4) is 0 Å². The van der Waals surface area contributed by atoms with Crippen LogP contribution in [0.25, 0.3) is 0 Å². The van der Waals surface area contributed by atoms with E-state index in [1.807, 2.05) is 0 Å². The van der Waals surface area contributed by atoms with Gasteiger partial charge in [-0.15, -0.1) is 0 Å². The molecule has 0 aromatic carbocycles. The molecular weight excluding hydrogens is 152 g/mol. The van der Waals surface area contributed by atoms with Crippen LogP contribution in [0.5, 0.6) is 0 Å². The average Bonchev–Trinajstić information content (AvgIpc) is 2.02. The van der Waals surface area contributed by atoms with E-state index < -0.39 is 0 Å². The second-order valence-electron chi connectivity index (χ2n) is 4.00. The maximum absolute atomic E-state index is 5.52. The normalized spacial score (nSPS) is 30.5. The Hall–Kier alpha value is -0.120. The van der Waals surface area contributed by atoms with Crippen LogP contribution in [0.2, 0.25) is 0 Å². The fraction of sp³-hybridized carbons (Fsp3) is 1.00. The minimum Gasteiger partial charge on any atom is -0.378 e. The summed E-state index contributed by atoms with van der Waals surface area (Å²) in [4.78, 5) is 4.92. The van der Waals surface area contributed by atoms with Crippen LogP contribution in [0, 0.1) is 0 Å².